The number of aryl methyl sites for hydroxylation is 1. The molecule has 0 saturated carbocycles. The van der Waals surface area contributed by atoms with E-state index in [0.717, 1.165) is 40.6 Å². The van der Waals surface area contributed by atoms with E-state index in [4.69, 9.17) is 16.3 Å². The summed E-state index contributed by atoms with van der Waals surface area (Å²) in [5.41, 5.74) is 3.40. The molecule has 0 bridgehead atoms. The predicted octanol–water partition coefficient (Wildman–Crippen LogP) is 4.86. The lowest BCUT2D eigenvalue weighted by Crippen LogP contribution is -2.28. The Balaban J connectivity index is 1.68. The van der Waals surface area contributed by atoms with Crippen LogP contribution in [0, 0.1) is 6.92 Å². The lowest BCUT2D eigenvalue weighted by molar-refractivity contribution is -0.128. The van der Waals surface area contributed by atoms with Crippen molar-refractivity contribution in [2.24, 2.45) is 0 Å². The van der Waals surface area contributed by atoms with Crippen molar-refractivity contribution in [3.05, 3.63) is 59.4 Å². The monoisotopic (exact) mass is 380 g/mol. The minimum Gasteiger partial charge on any atom is -0.488 e. The van der Waals surface area contributed by atoms with Crippen LogP contribution in [0.15, 0.2) is 48.7 Å². The number of carbonyl (C=O) groups is 1. The van der Waals surface area contributed by atoms with Gasteiger partial charge in [-0.2, -0.15) is 0 Å². The summed E-state index contributed by atoms with van der Waals surface area (Å²) >= 11 is 6.39. The summed E-state index contributed by atoms with van der Waals surface area (Å²) < 4.78 is 6.11. The van der Waals surface area contributed by atoms with E-state index in [-0.39, 0.29) is 12.0 Å². The van der Waals surface area contributed by atoms with Gasteiger partial charge < -0.3 is 9.64 Å². The van der Waals surface area contributed by atoms with Crippen LogP contribution in [0.2, 0.25) is 5.15 Å². The number of rotatable bonds is 3. The number of hydrogen-bond donors (Lipinski definition) is 0. The summed E-state index contributed by atoms with van der Waals surface area (Å²) in [5.74, 6) is 0.846. The van der Waals surface area contributed by atoms with Gasteiger partial charge in [-0.05, 0) is 41.6 Å². The molecule has 3 aromatic rings. The lowest BCUT2D eigenvalue weighted by Gasteiger charge is -2.16. The van der Waals surface area contributed by atoms with Gasteiger partial charge in [0.05, 0.1) is 6.54 Å². The first kappa shape index (κ1) is 17.8. The molecule has 2 aromatic carbocycles. The topological polar surface area (TPSA) is 42.4 Å². The molecule has 1 fully saturated rings. The van der Waals surface area contributed by atoms with Gasteiger partial charge in [0.15, 0.2) is 0 Å². The van der Waals surface area contributed by atoms with E-state index >= 15 is 0 Å². The van der Waals surface area contributed by atoms with E-state index in [1.807, 2.05) is 41.4 Å². The van der Waals surface area contributed by atoms with Gasteiger partial charge >= 0.3 is 0 Å². The van der Waals surface area contributed by atoms with Crippen molar-refractivity contribution in [1.82, 2.24) is 9.88 Å². The van der Waals surface area contributed by atoms with Crippen molar-refractivity contribution in [3.8, 4) is 16.9 Å². The van der Waals surface area contributed by atoms with Crippen LogP contribution >= 0.6 is 11.6 Å². The van der Waals surface area contributed by atoms with Crippen molar-refractivity contribution < 1.29 is 9.53 Å². The molecular weight excluding hydrogens is 360 g/mol. The largest absolute Gasteiger partial charge is 0.488 e. The molecule has 1 aromatic heterocycles. The van der Waals surface area contributed by atoms with Crippen molar-refractivity contribution in [1.29, 1.82) is 0 Å². The first-order valence-corrected chi connectivity index (χ1v) is 9.47. The van der Waals surface area contributed by atoms with Gasteiger partial charge in [-0.25, -0.2) is 4.98 Å². The van der Waals surface area contributed by atoms with Crippen molar-refractivity contribution >= 4 is 28.3 Å². The molecule has 27 heavy (non-hydrogen) atoms. The first-order valence-electron chi connectivity index (χ1n) is 9.09. The number of hydrogen-bond acceptors (Lipinski definition) is 3. The van der Waals surface area contributed by atoms with Gasteiger partial charge in [0, 0.05) is 37.0 Å². The molecule has 0 spiro atoms. The van der Waals surface area contributed by atoms with Gasteiger partial charge in [-0.3, -0.25) is 4.79 Å². The molecule has 4 rings (SSSR count). The quantitative estimate of drug-likeness (QED) is 0.609. The Morgan fingerprint density at radius 2 is 2.00 bits per heavy atom. The van der Waals surface area contributed by atoms with E-state index in [1.54, 1.807) is 6.92 Å². The van der Waals surface area contributed by atoms with Crippen LogP contribution in [0.3, 0.4) is 0 Å². The number of aromatic nitrogens is 1. The Morgan fingerprint density at radius 3 is 2.74 bits per heavy atom. The summed E-state index contributed by atoms with van der Waals surface area (Å²) in [6.45, 7) is 5.06. The molecule has 4 nitrogen and oxygen atoms in total. The summed E-state index contributed by atoms with van der Waals surface area (Å²) in [6, 6.07) is 14.2. The number of fused-ring (bicyclic) bond motifs is 1. The number of nitrogens with zero attached hydrogens (tertiary/aromatic N) is 2. The fraction of sp³-hybridized carbons (Fsp3) is 0.273. The second-order valence-electron chi connectivity index (χ2n) is 6.98. The van der Waals surface area contributed by atoms with Gasteiger partial charge in [0.2, 0.25) is 5.91 Å². The average molecular weight is 381 g/mol. The number of amides is 1. The SMILES string of the molecule is CC(=O)N1CC[C@@H](Oc2ccc3c(-c4ccccc4C)cnc(Cl)c3c2)C1. The third-order valence-electron chi connectivity index (χ3n) is 5.14. The van der Waals surface area contributed by atoms with Crippen LogP contribution in [0.5, 0.6) is 5.75 Å². The van der Waals surface area contributed by atoms with Crippen LogP contribution in [0.25, 0.3) is 21.9 Å². The number of halogens is 1. The fourth-order valence-electron chi connectivity index (χ4n) is 3.66. The predicted molar refractivity (Wildman–Crippen MR) is 108 cm³/mol. The smallest absolute Gasteiger partial charge is 0.219 e. The third kappa shape index (κ3) is 3.50. The van der Waals surface area contributed by atoms with Crippen LogP contribution in [0.4, 0.5) is 0 Å². The average Bonchev–Trinajstić information content (AvgIpc) is 3.12. The highest BCUT2D eigenvalue weighted by atomic mass is 35.5. The highest BCUT2D eigenvalue weighted by Crippen LogP contribution is 2.35. The van der Waals surface area contributed by atoms with Gasteiger partial charge in [0.1, 0.15) is 17.0 Å². The van der Waals surface area contributed by atoms with Crippen molar-refractivity contribution in [3.63, 3.8) is 0 Å². The molecule has 1 amide bonds. The minimum atomic E-state index is 0.0117. The number of pyridine rings is 1. The van der Waals surface area contributed by atoms with Gasteiger partial charge in [0.25, 0.3) is 0 Å². The highest BCUT2D eigenvalue weighted by molar-refractivity contribution is 6.34. The summed E-state index contributed by atoms with van der Waals surface area (Å²) in [5, 5.41) is 2.38. The molecule has 138 valence electrons. The Morgan fingerprint density at radius 1 is 1.19 bits per heavy atom. The van der Waals surface area contributed by atoms with Gasteiger partial charge in [-0.1, -0.05) is 35.9 Å². The number of likely N-dealkylation sites (tertiary alicyclic amines) is 1. The molecule has 5 heteroatoms. The molecule has 1 atom stereocenters. The molecule has 0 aliphatic carbocycles. The normalized spacial score (nSPS) is 16.7. The Bertz CT molecular complexity index is 1020. The zero-order chi connectivity index (χ0) is 19.0. The highest BCUT2D eigenvalue weighted by Gasteiger charge is 2.25. The Labute approximate surface area is 163 Å². The van der Waals surface area contributed by atoms with E-state index in [0.29, 0.717) is 11.7 Å². The van der Waals surface area contributed by atoms with E-state index in [1.165, 1.54) is 5.56 Å². The fourth-order valence-corrected chi connectivity index (χ4v) is 3.86. The van der Waals surface area contributed by atoms with Crippen LogP contribution < -0.4 is 4.74 Å². The molecular formula is C22H21ClN2O2. The molecule has 0 N–H and O–H groups in total. The maximum Gasteiger partial charge on any atom is 0.219 e. The molecule has 2 heterocycles. The third-order valence-corrected chi connectivity index (χ3v) is 5.44. The minimum absolute atomic E-state index is 0.0117. The van der Waals surface area contributed by atoms with E-state index in [2.05, 4.69) is 24.0 Å². The summed E-state index contributed by atoms with van der Waals surface area (Å²) in [4.78, 5) is 17.7. The van der Waals surface area contributed by atoms with Crippen LogP contribution in [-0.4, -0.2) is 35.0 Å². The maximum absolute atomic E-state index is 11.5. The van der Waals surface area contributed by atoms with Crippen molar-refractivity contribution in [2.75, 3.05) is 13.1 Å². The number of carbonyl (C=O) groups excluding carboxylic acids is 1. The van der Waals surface area contributed by atoms with Crippen molar-refractivity contribution in [2.45, 2.75) is 26.4 Å². The maximum atomic E-state index is 11.5. The molecule has 1 aliphatic rings. The van der Waals surface area contributed by atoms with Gasteiger partial charge in [-0.15, -0.1) is 0 Å². The van der Waals surface area contributed by atoms with E-state index in [9.17, 15) is 4.79 Å². The Hall–Kier alpha value is -2.59. The molecule has 0 unspecified atom stereocenters. The standard InChI is InChI=1S/C22H21ClN2O2/c1-14-5-3-4-6-18(14)21-12-24-22(23)20-11-16(7-8-19(20)21)27-17-9-10-25(13-17)15(2)26/h3-8,11-12,17H,9-10,13H2,1-2H3/t17-/m1/s1. The second kappa shape index (κ2) is 7.20. The molecule has 1 saturated heterocycles. The first-order chi connectivity index (χ1) is 13.0. The zero-order valence-electron chi connectivity index (χ0n) is 15.4. The Kier molecular flexibility index (Phi) is 4.75. The molecule has 0 radical (unpaired) electrons. The van der Waals surface area contributed by atoms with E-state index < -0.39 is 0 Å². The number of benzene rings is 2. The number of ether oxygens (including phenoxy) is 1. The van der Waals surface area contributed by atoms with Crippen LogP contribution in [-0.2, 0) is 4.79 Å². The molecule has 1 aliphatic heterocycles. The lowest BCUT2D eigenvalue weighted by atomic mass is 9.97. The zero-order valence-corrected chi connectivity index (χ0v) is 16.2. The summed E-state index contributed by atoms with van der Waals surface area (Å²) in [6.07, 6.45) is 2.68. The second-order valence-corrected chi connectivity index (χ2v) is 7.34. The summed E-state index contributed by atoms with van der Waals surface area (Å²) in [7, 11) is 0. The van der Waals surface area contributed by atoms with Crippen LogP contribution in [0.1, 0.15) is 18.9 Å².